The molecule has 1 aromatic rings. The predicted octanol–water partition coefficient (Wildman–Crippen LogP) is 2.82. The number of hydrogen-bond acceptors (Lipinski definition) is 4. The highest BCUT2D eigenvalue weighted by Crippen LogP contribution is 2.29. The van der Waals surface area contributed by atoms with Crippen LogP contribution in [0, 0.1) is 10.1 Å². The number of thioether (sulfide) groups is 1. The second kappa shape index (κ2) is 6.00. The first-order valence-corrected chi connectivity index (χ1v) is 6.82. The fourth-order valence-corrected chi connectivity index (χ4v) is 2.17. The lowest BCUT2D eigenvalue weighted by Gasteiger charge is -2.06. The van der Waals surface area contributed by atoms with Crippen molar-refractivity contribution in [2.24, 2.45) is 0 Å². The number of carbonyl (C=O) groups is 1. The lowest BCUT2D eigenvalue weighted by Crippen LogP contribution is -2.07. The molecule has 0 amide bonds. The smallest absolute Gasteiger partial charge is 0.274 e. The molecule has 0 aliphatic carbocycles. The molecule has 0 atom stereocenters. The number of hydrogen-bond donors (Lipinski definition) is 0. The second-order valence-electron chi connectivity index (χ2n) is 3.06. The normalized spacial score (nSPS) is 10.1. The van der Waals surface area contributed by atoms with Gasteiger partial charge in [0.05, 0.1) is 15.8 Å². The molecular weight excluding hydrogens is 294 g/mol. The highest BCUT2D eigenvalue weighted by Gasteiger charge is 2.19. The van der Waals surface area contributed by atoms with Crippen molar-refractivity contribution in [2.75, 3.05) is 11.6 Å². The minimum absolute atomic E-state index is 0.0150. The molecule has 0 bridgehead atoms. The molecule has 1 aromatic carbocycles. The van der Waals surface area contributed by atoms with Crippen molar-refractivity contribution in [3.05, 3.63) is 33.9 Å². The molecule has 4 nitrogen and oxygen atoms in total. The summed E-state index contributed by atoms with van der Waals surface area (Å²) >= 11 is 4.46. The largest absolute Gasteiger partial charge is 0.298 e. The number of halogens is 1. The van der Waals surface area contributed by atoms with Crippen LogP contribution in [0.5, 0.6) is 0 Å². The summed E-state index contributed by atoms with van der Waals surface area (Å²) in [5.74, 6) is -0.0652. The summed E-state index contributed by atoms with van der Waals surface area (Å²) in [4.78, 5) is 22.5. The van der Waals surface area contributed by atoms with Crippen LogP contribution in [-0.4, -0.2) is 22.3 Å². The third-order valence-electron chi connectivity index (χ3n) is 2.05. The molecule has 1 rings (SSSR count). The standard InChI is InChI=1S/C10H10BrNO3S/c1-16-10-4-2-3-9(12(14)15)8(10)5-7(13)6-11/h2-4H,5-6H2,1H3. The SMILES string of the molecule is CSc1cccc([N+](=O)[O-])c1CC(=O)CBr. The monoisotopic (exact) mass is 303 g/mol. The van der Waals surface area contributed by atoms with Gasteiger partial charge in [0.25, 0.3) is 5.69 Å². The fraction of sp³-hybridized carbons (Fsp3) is 0.300. The van der Waals surface area contributed by atoms with E-state index in [-0.39, 0.29) is 23.2 Å². The van der Waals surface area contributed by atoms with Crippen LogP contribution >= 0.6 is 27.7 Å². The zero-order chi connectivity index (χ0) is 12.1. The van der Waals surface area contributed by atoms with Crippen molar-refractivity contribution in [1.82, 2.24) is 0 Å². The van der Waals surface area contributed by atoms with Gasteiger partial charge in [0.15, 0.2) is 0 Å². The third kappa shape index (κ3) is 3.05. The van der Waals surface area contributed by atoms with Crippen molar-refractivity contribution in [1.29, 1.82) is 0 Å². The Morgan fingerprint density at radius 1 is 1.56 bits per heavy atom. The Morgan fingerprint density at radius 2 is 2.25 bits per heavy atom. The summed E-state index contributed by atoms with van der Waals surface area (Å²) in [5, 5.41) is 11.0. The van der Waals surface area contributed by atoms with Gasteiger partial charge in [0.1, 0.15) is 5.78 Å². The Morgan fingerprint density at radius 3 is 2.75 bits per heavy atom. The minimum Gasteiger partial charge on any atom is -0.298 e. The van der Waals surface area contributed by atoms with E-state index in [1.54, 1.807) is 12.1 Å². The summed E-state index contributed by atoms with van der Waals surface area (Å²) in [7, 11) is 0. The van der Waals surface area contributed by atoms with Crippen LogP contribution in [0.3, 0.4) is 0 Å². The maximum Gasteiger partial charge on any atom is 0.274 e. The first-order chi connectivity index (χ1) is 7.60. The average molecular weight is 304 g/mol. The molecule has 6 heteroatoms. The molecule has 16 heavy (non-hydrogen) atoms. The van der Waals surface area contributed by atoms with E-state index in [2.05, 4.69) is 15.9 Å². The zero-order valence-electron chi connectivity index (χ0n) is 8.60. The lowest BCUT2D eigenvalue weighted by atomic mass is 10.1. The van der Waals surface area contributed by atoms with E-state index in [9.17, 15) is 14.9 Å². The van der Waals surface area contributed by atoms with Gasteiger partial charge in [-0.2, -0.15) is 0 Å². The molecule has 0 unspecified atom stereocenters. The Balaban J connectivity index is 3.19. The topological polar surface area (TPSA) is 60.2 Å². The van der Waals surface area contributed by atoms with E-state index in [4.69, 9.17) is 0 Å². The van der Waals surface area contributed by atoms with Crippen LogP contribution in [0.25, 0.3) is 0 Å². The van der Waals surface area contributed by atoms with Crippen molar-refractivity contribution in [3.8, 4) is 0 Å². The maximum absolute atomic E-state index is 11.3. The lowest BCUT2D eigenvalue weighted by molar-refractivity contribution is -0.385. The van der Waals surface area contributed by atoms with E-state index in [0.717, 1.165) is 4.90 Å². The van der Waals surface area contributed by atoms with Gasteiger partial charge in [-0.15, -0.1) is 11.8 Å². The Hall–Kier alpha value is -0.880. The van der Waals surface area contributed by atoms with Gasteiger partial charge in [0.2, 0.25) is 0 Å². The van der Waals surface area contributed by atoms with Crippen LogP contribution in [-0.2, 0) is 11.2 Å². The number of nitrogens with zero attached hydrogens (tertiary/aromatic N) is 1. The number of benzene rings is 1. The van der Waals surface area contributed by atoms with E-state index in [0.29, 0.717) is 5.56 Å². The van der Waals surface area contributed by atoms with Gasteiger partial charge >= 0.3 is 0 Å². The Kier molecular flexibility index (Phi) is 4.95. The molecular formula is C10H10BrNO3S. The van der Waals surface area contributed by atoms with Crippen molar-refractivity contribution in [2.45, 2.75) is 11.3 Å². The number of nitro groups is 1. The summed E-state index contributed by atoms with van der Waals surface area (Å²) < 4.78 is 0. The van der Waals surface area contributed by atoms with E-state index < -0.39 is 4.92 Å². The number of rotatable bonds is 5. The maximum atomic E-state index is 11.3. The van der Waals surface area contributed by atoms with Crippen LogP contribution in [0.2, 0.25) is 0 Å². The summed E-state index contributed by atoms with van der Waals surface area (Å²) in [6, 6.07) is 4.84. The molecule has 0 aliphatic rings. The van der Waals surface area contributed by atoms with Crippen molar-refractivity contribution in [3.63, 3.8) is 0 Å². The quantitative estimate of drug-likeness (QED) is 0.363. The molecule has 0 N–H and O–H groups in total. The van der Waals surface area contributed by atoms with Gasteiger partial charge in [0, 0.05) is 17.4 Å². The molecule has 0 radical (unpaired) electrons. The van der Waals surface area contributed by atoms with Gasteiger partial charge in [-0.25, -0.2) is 0 Å². The van der Waals surface area contributed by atoms with Gasteiger partial charge in [-0.1, -0.05) is 22.0 Å². The number of carbonyl (C=O) groups excluding carboxylic acids is 1. The van der Waals surface area contributed by atoms with Crippen molar-refractivity contribution < 1.29 is 9.72 Å². The summed E-state index contributed by atoms with van der Waals surface area (Å²) in [6.45, 7) is 0. The highest BCUT2D eigenvalue weighted by atomic mass is 79.9. The first kappa shape index (κ1) is 13.2. The molecule has 0 spiro atoms. The average Bonchev–Trinajstić information content (AvgIpc) is 2.28. The van der Waals surface area contributed by atoms with Gasteiger partial charge in [-0.3, -0.25) is 14.9 Å². The van der Waals surface area contributed by atoms with Crippen LogP contribution in [0.4, 0.5) is 5.69 Å². The zero-order valence-corrected chi connectivity index (χ0v) is 11.0. The molecule has 0 aromatic heterocycles. The number of nitro benzene ring substituents is 1. The first-order valence-electron chi connectivity index (χ1n) is 4.48. The van der Waals surface area contributed by atoms with Crippen LogP contribution in [0.1, 0.15) is 5.56 Å². The third-order valence-corrected chi connectivity index (χ3v) is 3.50. The van der Waals surface area contributed by atoms with E-state index in [1.807, 2.05) is 6.26 Å². The Labute approximate surface area is 106 Å². The number of ketones is 1. The number of Topliss-reactive ketones (excluding diaryl/α,β-unsaturated/α-hetero) is 1. The van der Waals surface area contributed by atoms with Crippen LogP contribution in [0.15, 0.2) is 23.1 Å². The predicted molar refractivity (Wildman–Crippen MR) is 67.4 cm³/mol. The van der Waals surface area contributed by atoms with Gasteiger partial charge in [-0.05, 0) is 12.3 Å². The molecule has 0 saturated carbocycles. The molecule has 0 aliphatic heterocycles. The Bertz CT molecular complexity index is 423. The van der Waals surface area contributed by atoms with Crippen molar-refractivity contribution >= 4 is 39.2 Å². The van der Waals surface area contributed by atoms with E-state index in [1.165, 1.54) is 17.8 Å². The van der Waals surface area contributed by atoms with E-state index >= 15 is 0 Å². The fourth-order valence-electron chi connectivity index (χ4n) is 1.34. The van der Waals surface area contributed by atoms with Crippen LogP contribution < -0.4 is 0 Å². The summed E-state index contributed by atoms with van der Waals surface area (Å²) in [5.41, 5.74) is 0.519. The summed E-state index contributed by atoms with van der Waals surface area (Å²) in [6.07, 6.45) is 1.93. The molecule has 0 saturated heterocycles. The minimum atomic E-state index is -0.448. The molecule has 0 fully saturated rings. The second-order valence-corrected chi connectivity index (χ2v) is 4.47. The molecule has 86 valence electrons. The van der Waals surface area contributed by atoms with Gasteiger partial charge < -0.3 is 0 Å². The number of alkyl halides is 1. The highest BCUT2D eigenvalue weighted by molar-refractivity contribution is 9.09. The molecule has 0 heterocycles.